The minimum absolute atomic E-state index is 0.0820. The highest BCUT2D eigenvalue weighted by atomic mass is 19.1. The van der Waals surface area contributed by atoms with Gasteiger partial charge in [-0.3, -0.25) is 19.4 Å². The van der Waals surface area contributed by atoms with Crippen LogP contribution in [0, 0.1) is 5.82 Å². The van der Waals surface area contributed by atoms with Crippen LogP contribution in [-0.2, 0) is 26.3 Å². The molecule has 1 saturated heterocycles. The van der Waals surface area contributed by atoms with Crippen molar-refractivity contribution in [3.63, 3.8) is 0 Å². The number of hydrazone groups is 1. The molecule has 12 nitrogen and oxygen atoms in total. The van der Waals surface area contributed by atoms with E-state index >= 15 is 0 Å². The second-order valence-electron chi connectivity index (χ2n) is 12.4. The Balaban J connectivity index is 1.42. The van der Waals surface area contributed by atoms with Gasteiger partial charge in [-0.25, -0.2) is 19.3 Å². The fraction of sp³-hybridized carbons (Fsp3) is 0.306. The predicted molar refractivity (Wildman–Crippen MR) is 184 cm³/mol. The van der Waals surface area contributed by atoms with Crippen LogP contribution in [0.2, 0.25) is 0 Å². The zero-order valence-corrected chi connectivity index (χ0v) is 28.1. The molecule has 13 heteroatoms. The molecule has 1 aliphatic heterocycles. The molecule has 2 aromatic heterocycles. The third kappa shape index (κ3) is 8.49. The van der Waals surface area contributed by atoms with Gasteiger partial charge in [0.05, 0.1) is 41.9 Å². The van der Waals surface area contributed by atoms with Crippen molar-refractivity contribution in [1.82, 2.24) is 19.9 Å². The first-order valence-corrected chi connectivity index (χ1v) is 15.7. The number of rotatable bonds is 10. The highest BCUT2D eigenvalue weighted by Crippen LogP contribution is 2.32. The molecule has 2 aromatic carbocycles. The predicted octanol–water partition coefficient (Wildman–Crippen LogP) is 5.54. The van der Waals surface area contributed by atoms with Gasteiger partial charge in [-0.15, -0.1) is 0 Å². The molecule has 0 aliphatic carbocycles. The summed E-state index contributed by atoms with van der Waals surface area (Å²) in [6.07, 6.45) is 4.83. The third-order valence-electron chi connectivity index (χ3n) is 7.94. The maximum absolute atomic E-state index is 14.9. The number of carbonyl (C=O) groups excluding carboxylic acids is 3. The van der Waals surface area contributed by atoms with Gasteiger partial charge in [0.15, 0.2) is 6.29 Å². The summed E-state index contributed by atoms with van der Waals surface area (Å²) in [6, 6.07) is 13.7. The second kappa shape index (κ2) is 15.1. The molecule has 3 heterocycles. The summed E-state index contributed by atoms with van der Waals surface area (Å²) >= 11 is 0. The van der Waals surface area contributed by atoms with Crippen LogP contribution in [0.3, 0.4) is 0 Å². The minimum atomic E-state index is -0.620. The molecule has 1 amide bonds. The Hall–Kier alpha value is -5.56. The number of amides is 1. The molecule has 1 aliphatic rings. The summed E-state index contributed by atoms with van der Waals surface area (Å²) in [6.45, 7) is 9.21. The first kappa shape index (κ1) is 34.8. The van der Waals surface area contributed by atoms with Crippen molar-refractivity contribution in [1.29, 1.82) is 0 Å². The number of nitrogens with zero attached hydrogens (tertiary/aromatic N) is 6. The van der Waals surface area contributed by atoms with E-state index in [2.05, 4.69) is 25.4 Å². The van der Waals surface area contributed by atoms with E-state index in [1.165, 1.54) is 31.7 Å². The lowest BCUT2D eigenvalue weighted by Gasteiger charge is -2.26. The Morgan fingerprint density at radius 3 is 2.53 bits per heavy atom. The standard InChI is InChI=1S/C36H38FN7O5/c1-23(46)49-21-29-27(7-6-8-32(29)43(5)41-19-25-15-26(36(2,3)4)16-30(37)28(25)20-45)31-17-34(40-22-39-31)42-33-10-9-24(18-38-33)35(47)44-11-13-48-14-12-44/h6-10,15-20,22H,11-14,21H2,1-5H3,(H,38,39,40,42)/b41-19-. The number of morpholine rings is 1. The summed E-state index contributed by atoms with van der Waals surface area (Å²) in [5, 5.41) is 9.25. The number of halogens is 1. The van der Waals surface area contributed by atoms with E-state index in [-0.39, 0.29) is 23.5 Å². The van der Waals surface area contributed by atoms with Gasteiger partial charge in [0.25, 0.3) is 5.91 Å². The van der Waals surface area contributed by atoms with Crippen LogP contribution in [0.4, 0.5) is 21.7 Å². The van der Waals surface area contributed by atoms with Crippen LogP contribution in [0.15, 0.2) is 66.2 Å². The number of ether oxygens (including phenoxy) is 2. The van der Waals surface area contributed by atoms with Crippen molar-refractivity contribution in [3.05, 3.63) is 94.7 Å². The fourth-order valence-corrected chi connectivity index (χ4v) is 5.21. The number of esters is 1. The maximum atomic E-state index is 14.9. The molecule has 254 valence electrons. The molecule has 0 unspecified atom stereocenters. The van der Waals surface area contributed by atoms with Crippen molar-refractivity contribution in [2.24, 2.45) is 5.10 Å². The van der Waals surface area contributed by atoms with E-state index in [1.807, 2.05) is 32.9 Å². The zero-order valence-electron chi connectivity index (χ0n) is 28.1. The van der Waals surface area contributed by atoms with Crippen molar-refractivity contribution in [2.75, 3.05) is 43.7 Å². The topological polar surface area (TPSA) is 139 Å². The van der Waals surface area contributed by atoms with Crippen molar-refractivity contribution in [2.45, 2.75) is 39.7 Å². The fourth-order valence-electron chi connectivity index (χ4n) is 5.21. The first-order chi connectivity index (χ1) is 23.4. The molecule has 0 spiro atoms. The minimum Gasteiger partial charge on any atom is -0.461 e. The van der Waals surface area contributed by atoms with Crippen molar-refractivity contribution >= 4 is 41.7 Å². The molecule has 1 N–H and O–H groups in total. The number of hydrogen-bond donors (Lipinski definition) is 1. The van der Waals surface area contributed by atoms with E-state index in [1.54, 1.807) is 47.3 Å². The summed E-state index contributed by atoms with van der Waals surface area (Å²) in [5.74, 6) is -0.264. The van der Waals surface area contributed by atoms with E-state index in [4.69, 9.17) is 9.47 Å². The van der Waals surface area contributed by atoms with E-state index in [0.717, 1.165) is 5.56 Å². The molecule has 0 radical (unpaired) electrons. The smallest absolute Gasteiger partial charge is 0.302 e. The van der Waals surface area contributed by atoms with Crippen LogP contribution < -0.4 is 10.3 Å². The lowest BCUT2D eigenvalue weighted by atomic mass is 9.85. The Kier molecular flexibility index (Phi) is 10.7. The van der Waals surface area contributed by atoms with E-state index in [0.29, 0.717) is 77.9 Å². The highest BCUT2D eigenvalue weighted by Gasteiger charge is 2.21. The average Bonchev–Trinajstić information content (AvgIpc) is 3.09. The number of carbonyl (C=O) groups is 3. The van der Waals surface area contributed by atoms with Gasteiger partial charge in [0.1, 0.15) is 30.4 Å². The molecule has 0 atom stereocenters. The largest absolute Gasteiger partial charge is 0.461 e. The van der Waals surface area contributed by atoms with Gasteiger partial charge in [-0.05, 0) is 41.3 Å². The van der Waals surface area contributed by atoms with Crippen molar-refractivity contribution < 1.29 is 28.2 Å². The van der Waals surface area contributed by atoms with Crippen LogP contribution >= 0.6 is 0 Å². The Morgan fingerprint density at radius 1 is 1.08 bits per heavy atom. The van der Waals surface area contributed by atoms with E-state index < -0.39 is 11.8 Å². The number of pyridine rings is 1. The van der Waals surface area contributed by atoms with Gasteiger partial charge in [-0.1, -0.05) is 32.9 Å². The molecular weight excluding hydrogens is 629 g/mol. The maximum Gasteiger partial charge on any atom is 0.302 e. The van der Waals surface area contributed by atoms with E-state index in [9.17, 15) is 18.8 Å². The molecule has 5 rings (SSSR count). The molecule has 49 heavy (non-hydrogen) atoms. The van der Waals surface area contributed by atoms with Gasteiger partial charge < -0.3 is 19.7 Å². The Bertz CT molecular complexity index is 1870. The lowest BCUT2D eigenvalue weighted by molar-refractivity contribution is -0.142. The molecular formula is C36H38FN7O5. The summed E-state index contributed by atoms with van der Waals surface area (Å²) in [7, 11) is 1.70. The Labute approximate surface area is 284 Å². The highest BCUT2D eigenvalue weighted by molar-refractivity contribution is 5.94. The zero-order chi connectivity index (χ0) is 35.1. The number of aldehydes is 1. The van der Waals surface area contributed by atoms with Crippen LogP contribution in [0.5, 0.6) is 0 Å². The van der Waals surface area contributed by atoms with Crippen LogP contribution in [0.25, 0.3) is 11.3 Å². The van der Waals surface area contributed by atoms with Crippen molar-refractivity contribution in [3.8, 4) is 11.3 Å². The van der Waals surface area contributed by atoms with Gasteiger partial charge in [-0.2, -0.15) is 5.10 Å². The first-order valence-electron chi connectivity index (χ1n) is 15.7. The molecule has 1 fully saturated rings. The number of nitrogens with one attached hydrogen (secondary N) is 1. The van der Waals surface area contributed by atoms with Crippen LogP contribution in [0.1, 0.15) is 65.1 Å². The number of hydrogen-bond acceptors (Lipinski definition) is 11. The third-order valence-corrected chi connectivity index (χ3v) is 7.94. The lowest BCUT2D eigenvalue weighted by Crippen LogP contribution is -2.40. The van der Waals surface area contributed by atoms with Gasteiger partial charge in [0.2, 0.25) is 0 Å². The van der Waals surface area contributed by atoms with Crippen LogP contribution in [-0.4, -0.2) is 77.6 Å². The molecule has 0 bridgehead atoms. The van der Waals surface area contributed by atoms with Gasteiger partial charge in [0, 0.05) is 56.0 Å². The second-order valence-corrected chi connectivity index (χ2v) is 12.4. The summed E-state index contributed by atoms with van der Waals surface area (Å²) < 4.78 is 25.6. The Morgan fingerprint density at radius 2 is 1.86 bits per heavy atom. The number of aromatic nitrogens is 3. The quantitative estimate of drug-likeness (QED) is 0.0993. The molecule has 4 aromatic rings. The summed E-state index contributed by atoms with van der Waals surface area (Å²) in [4.78, 5) is 51.4. The SMILES string of the molecule is CC(=O)OCc1c(-c2cc(Nc3ccc(C(=O)N4CCOCC4)cn3)ncn2)cccc1N(C)/N=C\c1cc(C(C)(C)C)cc(F)c1C=O. The monoisotopic (exact) mass is 667 g/mol. The average molecular weight is 668 g/mol. The number of anilines is 3. The summed E-state index contributed by atoms with van der Waals surface area (Å²) in [5.41, 5.74) is 3.47. The number of benzene rings is 2. The van der Waals surface area contributed by atoms with Gasteiger partial charge >= 0.3 is 5.97 Å². The molecule has 0 saturated carbocycles. The normalized spacial score (nSPS) is 13.3.